The maximum absolute atomic E-state index is 12.2. The molecule has 0 N–H and O–H groups in total. The first-order valence-electron chi connectivity index (χ1n) is 7.98. The Morgan fingerprint density at radius 3 is 2.22 bits per heavy atom. The van der Waals surface area contributed by atoms with Gasteiger partial charge in [0, 0.05) is 39.5 Å². The minimum Gasteiger partial charge on any atom is -0.342 e. The Hall–Kier alpha value is -1.15. The van der Waals surface area contributed by atoms with Crippen LogP contribution in [0, 0.1) is 0 Å². The summed E-state index contributed by atoms with van der Waals surface area (Å²) in [6.45, 7) is 3.40. The fourth-order valence-corrected chi connectivity index (χ4v) is 4.47. The molecule has 0 aromatic carbocycles. The second kappa shape index (κ2) is 8.63. The van der Waals surface area contributed by atoms with E-state index in [-0.39, 0.29) is 35.8 Å². The highest BCUT2D eigenvalue weighted by Gasteiger charge is 2.32. The SMILES string of the molecule is CC(=O)N(CCCN(C)C)CCC(=O)N(C)C1CCS(=O)(=O)C1. The Bertz CT molecular complexity index is 519. The van der Waals surface area contributed by atoms with Gasteiger partial charge >= 0.3 is 0 Å². The molecule has 0 radical (unpaired) electrons. The summed E-state index contributed by atoms with van der Waals surface area (Å²) in [6, 6.07) is -0.230. The molecule has 8 heteroatoms. The summed E-state index contributed by atoms with van der Waals surface area (Å²) in [4.78, 5) is 29.2. The second-order valence-electron chi connectivity index (χ2n) is 6.47. The number of hydrogen-bond acceptors (Lipinski definition) is 5. The summed E-state index contributed by atoms with van der Waals surface area (Å²) in [7, 11) is 2.61. The van der Waals surface area contributed by atoms with Crippen LogP contribution in [0.3, 0.4) is 0 Å². The third-order valence-electron chi connectivity index (χ3n) is 4.22. The van der Waals surface area contributed by atoms with Gasteiger partial charge in [-0.15, -0.1) is 0 Å². The predicted octanol–water partition coefficient (Wildman–Crippen LogP) is -0.178. The van der Waals surface area contributed by atoms with Crippen LogP contribution in [-0.4, -0.2) is 93.3 Å². The molecule has 1 fully saturated rings. The quantitative estimate of drug-likeness (QED) is 0.609. The van der Waals surface area contributed by atoms with E-state index in [4.69, 9.17) is 0 Å². The number of sulfone groups is 1. The number of nitrogens with zero attached hydrogens (tertiary/aromatic N) is 3. The molecule has 0 spiro atoms. The Kier molecular flexibility index (Phi) is 7.47. The first-order chi connectivity index (χ1) is 10.6. The van der Waals surface area contributed by atoms with E-state index in [0.717, 1.165) is 13.0 Å². The summed E-state index contributed by atoms with van der Waals surface area (Å²) in [5.74, 6) is 0.0575. The molecule has 0 aliphatic carbocycles. The topological polar surface area (TPSA) is 78.0 Å². The highest BCUT2D eigenvalue weighted by molar-refractivity contribution is 7.91. The Balaban J connectivity index is 2.44. The minimum absolute atomic E-state index is 0.0392. The molecule has 1 unspecified atom stereocenters. The van der Waals surface area contributed by atoms with Gasteiger partial charge < -0.3 is 14.7 Å². The van der Waals surface area contributed by atoms with Gasteiger partial charge in [0.05, 0.1) is 11.5 Å². The van der Waals surface area contributed by atoms with Gasteiger partial charge in [-0.3, -0.25) is 9.59 Å². The average molecular weight is 347 g/mol. The van der Waals surface area contributed by atoms with E-state index in [1.165, 1.54) is 11.8 Å². The summed E-state index contributed by atoms with van der Waals surface area (Å²) in [5.41, 5.74) is 0. The zero-order chi connectivity index (χ0) is 17.6. The average Bonchev–Trinajstić information content (AvgIpc) is 2.80. The molecule has 2 amide bonds. The van der Waals surface area contributed by atoms with Crippen molar-refractivity contribution in [2.45, 2.75) is 32.2 Å². The van der Waals surface area contributed by atoms with Gasteiger partial charge in [-0.1, -0.05) is 0 Å². The van der Waals surface area contributed by atoms with Gasteiger partial charge in [0.2, 0.25) is 11.8 Å². The molecule has 0 aromatic heterocycles. The standard InChI is InChI=1S/C15H29N3O4S/c1-13(19)18(9-5-8-16(2)3)10-6-15(20)17(4)14-7-11-23(21,22)12-14/h14H,5-12H2,1-4H3. The van der Waals surface area contributed by atoms with Crippen molar-refractivity contribution >= 4 is 21.7 Å². The molecule has 1 rings (SSSR count). The Labute approximate surface area is 139 Å². The zero-order valence-corrected chi connectivity index (χ0v) is 15.4. The molecule has 23 heavy (non-hydrogen) atoms. The van der Waals surface area contributed by atoms with Crippen LogP contribution in [0.2, 0.25) is 0 Å². The fourth-order valence-electron chi connectivity index (χ4n) is 2.70. The molecule has 1 atom stereocenters. The molecule has 0 saturated carbocycles. The number of rotatable bonds is 8. The lowest BCUT2D eigenvalue weighted by molar-refractivity contribution is -0.133. The van der Waals surface area contributed by atoms with Crippen LogP contribution in [0.25, 0.3) is 0 Å². The van der Waals surface area contributed by atoms with Crippen molar-refractivity contribution in [3.05, 3.63) is 0 Å². The summed E-state index contributed by atoms with van der Waals surface area (Å²) < 4.78 is 23.0. The highest BCUT2D eigenvalue weighted by Crippen LogP contribution is 2.17. The van der Waals surface area contributed by atoms with E-state index in [0.29, 0.717) is 19.5 Å². The van der Waals surface area contributed by atoms with E-state index in [2.05, 4.69) is 4.90 Å². The Morgan fingerprint density at radius 1 is 1.09 bits per heavy atom. The zero-order valence-electron chi connectivity index (χ0n) is 14.6. The predicted molar refractivity (Wildman–Crippen MR) is 89.9 cm³/mol. The number of carbonyl (C=O) groups is 2. The molecule has 1 aliphatic rings. The van der Waals surface area contributed by atoms with E-state index >= 15 is 0 Å². The monoisotopic (exact) mass is 347 g/mol. The van der Waals surface area contributed by atoms with Crippen molar-refractivity contribution in [2.24, 2.45) is 0 Å². The summed E-state index contributed by atoms with van der Waals surface area (Å²) in [5, 5.41) is 0. The molecule has 1 aliphatic heterocycles. The number of amides is 2. The third kappa shape index (κ3) is 6.87. The van der Waals surface area contributed by atoms with Crippen molar-refractivity contribution in [1.82, 2.24) is 14.7 Å². The van der Waals surface area contributed by atoms with Crippen molar-refractivity contribution in [1.29, 1.82) is 0 Å². The molecule has 134 valence electrons. The van der Waals surface area contributed by atoms with Gasteiger partial charge in [-0.25, -0.2) is 8.42 Å². The fraction of sp³-hybridized carbons (Fsp3) is 0.867. The molecule has 1 heterocycles. The van der Waals surface area contributed by atoms with Crippen LogP contribution in [-0.2, 0) is 19.4 Å². The molecule has 7 nitrogen and oxygen atoms in total. The summed E-state index contributed by atoms with van der Waals surface area (Å²) >= 11 is 0. The lowest BCUT2D eigenvalue weighted by atomic mass is 10.2. The summed E-state index contributed by atoms with van der Waals surface area (Å²) in [6.07, 6.45) is 1.59. The Morgan fingerprint density at radius 2 is 1.74 bits per heavy atom. The van der Waals surface area contributed by atoms with Crippen LogP contribution < -0.4 is 0 Å². The first-order valence-corrected chi connectivity index (χ1v) is 9.81. The molecule has 0 aromatic rings. The number of carbonyl (C=O) groups excluding carboxylic acids is 2. The van der Waals surface area contributed by atoms with Gasteiger partial charge in [0.25, 0.3) is 0 Å². The van der Waals surface area contributed by atoms with Crippen LogP contribution >= 0.6 is 0 Å². The van der Waals surface area contributed by atoms with Crippen LogP contribution in [0.5, 0.6) is 0 Å². The molecule has 1 saturated heterocycles. The lowest BCUT2D eigenvalue weighted by Crippen LogP contribution is -2.40. The highest BCUT2D eigenvalue weighted by atomic mass is 32.2. The van der Waals surface area contributed by atoms with E-state index < -0.39 is 9.84 Å². The first kappa shape index (κ1) is 19.9. The van der Waals surface area contributed by atoms with Crippen LogP contribution in [0.4, 0.5) is 0 Å². The van der Waals surface area contributed by atoms with E-state index in [9.17, 15) is 18.0 Å². The normalized spacial score (nSPS) is 19.8. The van der Waals surface area contributed by atoms with Crippen molar-refractivity contribution in [3.63, 3.8) is 0 Å². The van der Waals surface area contributed by atoms with Crippen molar-refractivity contribution in [3.8, 4) is 0 Å². The van der Waals surface area contributed by atoms with Gasteiger partial charge in [0.1, 0.15) is 0 Å². The number of hydrogen-bond donors (Lipinski definition) is 0. The lowest BCUT2D eigenvalue weighted by Gasteiger charge is -2.26. The largest absolute Gasteiger partial charge is 0.342 e. The second-order valence-corrected chi connectivity index (χ2v) is 8.70. The van der Waals surface area contributed by atoms with Crippen LogP contribution in [0.1, 0.15) is 26.2 Å². The van der Waals surface area contributed by atoms with E-state index in [1.807, 2.05) is 14.1 Å². The molecular formula is C15H29N3O4S. The van der Waals surface area contributed by atoms with E-state index in [1.54, 1.807) is 11.9 Å². The maximum atomic E-state index is 12.2. The van der Waals surface area contributed by atoms with Crippen molar-refractivity contribution < 1.29 is 18.0 Å². The van der Waals surface area contributed by atoms with Crippen LogP contribution in [0.15, 0.2) is 0 Å². The smallest absolute Gasteiger partial charge is 0.224 e. The minimum atomic E-state index is -3.00. The maximum Gasteiger partial charge on any atom is 0.224 e. The third-order valence-corrected chi connectivity index (χ3v) is 5.97. The molecular weight excluding hydrogens is 318 g/mol. The van der Waals surface area contributed by atoms with Gasteiger partial charge in [-0.2, -0.15) is 0 Å². The molecule has 0 bridgehead atoms. The van der Waals surface area contributed by atoms with Gasteiger partial charge in [-0.05, 0) is 33.5 Å². The van der Waals surface area contributed by atoms with Gasteiger partial charge in [0.15, 0.2) is 9.84 Å². The van der Waals surface area contributed by atoms with Crippen molar-refractivity contribution in [2.75, 3.05) is 52.3 Å².